The van der Waals surface area contributed by atoms with Crippen molar-refractivity contribution < 1.29 is 32.4 Å². The maximum atomic E-state index is 12.8. The Morgan fingerprint density at radius 2 is 1.96 bits per heavy atom. The lowest BCUT2D eigenvalue weighted by Crippen LogP contribution is -2.39. The summed E-state index contributed by atoms with van der Waals surface area (Å²) in [6.45, 7) is 1.22. The van der Waals surface area contributed by atoms with Gasteiger partial charge in [0.25, 0.3) is 11.6 Å². The van der Waals surface area contributed by atoms with E-state index >= 15 is 0 Å². The summed E-state index contributed by atoms with van der Waals surface area (Å²) >= 11 is 0. The molecule has 0 aliphatic rings. The third kappa shape index (κ3) is 4.08. The van der Waals surface area contributed by atoms with Crippen molar-refractivity contribution in [2.45, 2.75) is 19.1 Å². The zero-order valence-electron chi connectivity index (χ0n) is 11.9. The molecule has 0 aromatic heterocycles. The number of nitro groups is 1. The second-order valence-electron chi connectivity index (χ2n) is 4.43. The van der Waals surface area contributed by atoms with Crippen LogP contribution in [-0.2, 0) is 15.7 Å². The Bertz CT molecular complexity index is 660. The molecule has 0 radical (unpaired) electrons. The third-order valence-corrected chi connectivity index (χ3v) is 2.83. The highest BCUT2D eigenvalue weighted by atomic mass is 19.4. The van der Waals surface area contributed by atoms with Gasteiger partial charge in [-0.1, -0.05) is 0 Å². The molecule has 0 heterocycles. The average Bonchev–Trinajstić information content (AvgIpc) is 2.44. The Balaban J connectivity index is 3.34. The Kier molecular flexibility index (Phi) is 5.14. The largest absolute Gasteiger partial charge is 0.467 e. The number of hydrogen-bond donors (Lipinski definition) is 2. The fraction of sp³-hybridized carbons (Fsp3) is 0.333. The molecule has 11 heteroatoms. The lowest BCUT2D eigenvalue weighted by atomic mass is 10.1. The predicted molar refractivity (Wildman–Crippen MR) is 71.5 cm³/mol. The molecule has 0 aliphatic carbocycles. The molecule has 1 aromatic carbocycles. The number of methoxy groups -OCH3 is 1. The second kappa shape index (κ2) is 6.50. The summed E-state index contributed by atoms with van der Waals surface area (Å²) < 4.78 is 42.7. The monoisotopic (exact) mass is 335 g/mol. The van der Waals surface area contributed by atoms with Crippen LogP contribution in [0, 0.1) is 10.1 Å². The van der Waals surface area contributed by atoms with Crippen LogP contribution in [0.3, 0.4) is 0 Å². The first-order chi connectivity index (χ1) is 10.5. The van der Waals surface area contributed by atoms with Crippen LogP contribution in [0.1, 0.15) is 22.8 Å². The quantitative estimate of drug-likeness (QED) is 0.372. The number of amides is 1. The molecule has 1 rings (SSSR count). The molecule has 0 saturated heterocycles. The minimum absolute atomic E-state index is 0.232. The summed E-state index contributed by atoms with van der Waals surface area (Å²) in [6, 6.07) is -0.571. The topological polar surface area (TPSA) is 125 Å². The second-order valence-corrected chi connectivity index (χ2v) is 4.43. The summed E-state index contributed by atoms with van der Waals surface area (Å²) in [4.78, 5) is 32.8. The summed E-state index contributed by atoms with van der Waals surface area (Å²) in [6.07, 6.45) is -4.92. The Labute approximate surface area is 127 Å². The minimum atomic E-state index is -4.92. The van der Waals surface area contributed by atoms with Crippen LogP contribution in [0.15, 0.2) is 12.1 Å². The molecule has 0 spiro atoms. The van der Waals surface area contributed by atoms with E-state index in [-0.39, 0.29) is 6.07 Å². The van der Waals surface area contributed by atoms with Gasteiger partial charge in [0.15, 0.2) is 0 Å². The predicted octanol–water partition coefficient (Wildman–Crippen LogP) is 1.49. The van der Waals surface area contributed by atoms with E-state index < -0.39 is 51.5 Å². The Morgan fingerprint density at radius 3 is 2.39 bits per heavy atom. The number of carbonyl (C=O) groups excluding carboxylic acids is 2. The van der Waals surface area contributed by atoms with Crippen molar-refractivity contribution in [2.24, 2.45) is 0 Å². The molecule has 0 aliphatic heterocycles. The van der Waals surface area contributed by atoms with Crippen molar-refractivity contribution in [1.82, 2.24) is 5.32 Å². The van der Waals surface area contributed by atoms with Crippen molar-refractivity contribution in [3.63, 3.8) is 0 Å². The van der Waals surface area contributed by atoms with Crippen molar-refractivity contribution in [3.8, 4) is 0 Å². The number of halogens is 3. The van der Waals surface area contributed by atoms with Crippen LogP contribution >= 0.6 is 0 Å². The number of carbonyl (C=O) groups is 2. The molecule has 8 nitrogen and oxygen atoms in total. The molecule has 126 valence electrons. The Hall–Kier alpha value is -2.85. The zero-order valence-corrected chi connectivity index (χ0v) is 11.9. The van der Waals surface area contributed by atoms with Gasteiger partial charge < -0.3 is 15.8 Å². The number of nitrogen functional groups attached to an aromatic ring is 1. The number of hydrogen-bond acceptors (Lipinski definition) is 6. The van der Waals surface area contributed by atoms with Gasteiger partial charge in [-0.25, -0.2) is 4.79 Å². The van der Waals surface area contributed by atoms with E-state index in [1.165, 1.54) is 6.92 Å². The van der Waals surface area contributed by atoms with E-state index in [2.05, 4.69) is 4.74 Å². The van der Waals surface area contributed by atoms with Crippen LogP contribution in [0.5, 0.6) is 0 Å². The summed E-state index contributed by atoms with van der Waals surface area (Å²) in [5.41, 5.74) is 1.43. The summed E-state index contributed by atoms with van der Waals surface area (Å²) in [5, 5.41) is 12.9. The van der Waals surface area contributed by atoms with E-state index in [0.29, 0.717) is 6.07 Å². The van der Waals surface area contributed by atoms with E-state index in [1.807, 2.05) is 5.32 Å². The SMILES string of the molecule is COC(=O)[C@H](C)NC(=O)c1cc(C(F)(F)F)cc([N+](=O)[O-])c1N. The zero-order chi connectivity index (χ0) is 17.9. The van der Waals surface area contributed by atoms with Gasteiger partial charge in [-0.15, -0.1) is 0 Å². The van der Waals surface area contributed by atoms with Crippen molar-refractivity contribution in [3.05, 3.63) is 33.4 Å². The highest BCUT2D eigenvalue weighted by Gasteiger charge is 2.35. The molecule has 0 bridgehead atoms. The van der Waals surface area contributed by atoms with Gasteiger partial charge in [-0.2, -0.15) is 13.2 Å². The number of benzene rings is 1. The molecule has 3 N–H and O–H groups in total. The van der Waals surface area contributed by atoms with Gasteiger partial charge >= 0.3 is 12.1 Å². The maximum Gasteiger partial charge on any atom is 0.416 e. The number of alkyl halides is 3. The van der Waals surface area contributed by atoms with E-state index in [1.54, 1.807) is 0 Å². The first-order valence-corrected chi connectivity index (χ1v) is 6.02. The average molecular weight is 335 g/mol. The van der Waals surface area contributed by atoms with Crippen LogP contribution in [0.4, 0.5) is 24.5 Å². The lowest BCUT2D eigenvalue weighted by molar-refractivity contribution is -0.384. The normalized spacial score (nSPS) is 12.4. The van der Waals surface area contributed by atoms with Gasteiger partial charge in [-0.05, 0) is 13.0 Å². The Morgan fingerprint density at radius 1 is 1.39 bits per heavy atom. The molecule has 1 aromatic rings. The van der Waals surface area contributed by atoms with Crippen LogP contribution in [0.25, 0.3) is 0 Å². The van der Waals surface area contributed by atoms with Gasteiger partial charge in [0.2, 0.25) is 0 Å². The van der Waals surface area contributed by atoms with Gasteiger partial charge in [0.1, 0.15) is 11.7 Å². The molecular formula is C12H12F3N3O5. The fourth-order valence-corrected chi connectivity index (χ4v) is 1.65. The number of nitro benzene ring substituents is 1. The molecule has 1 atom stereocenters. The van der Waals surface area contributed by atoms with Crippen molar-refractivity contribution in [2.75, 3.05) is 12.8 Å². The third-order valence-electron chi connectivity index (χ3n) is 2.83. The van der Waals surface area contributed by atoms with Crippen LogP contribution in [-0.4, -0.2) is 30.0 Å². The van der Waals surface area contributed by atoms with Gasteiger partial charge in [-0.3, -0.25) is 14.9 Å². The highest BCUT2D eigenvalue weighted by Crippen LogP contribution is 2.36. The molecule has 23 heavy (non-hydrogen) atoms. The van der Waals surface area contributed by atoms with E-state index in [9.17, 15) is 32.9 Å². The number of nitrogens with one attached hydrogen (secondary N) is 1. The van der Waals surface area contributed by atoms with Crippen molar-refractivity contribution >= 4 is 23.3 Å². The molecular weight excluding hydrogens is 323 g/mol. The van der Waals surface area contributed by atoms with Crippen LogP contribution < -0.4 is 11.1 Å². The number of nitrogens with zero attached hydrogens (tertiary/aromatic N) is 1. The summed E-state index contributed by atoms with van der Waals surface area (Å²) in [5.74, 6) is -2.02. The molecule has 0 unspecified atom stereocenters. The molecule has 1 amide bonds. The number of nitrogens with two attached hydrogens (primary N) is 1. The molecule has 0 fully saturated rings. The first-order valence-electron chi connectivity index (χ1n) is 6.02. The molecule has 0 saturated carbocycles. The summed E-state index contributed by atoms with van der Waals surface area (Å²) in [7, 11) is 1.05. The highest BCUT2D eigenvalue weighted by molar-refractivity contribution is 6.02. The minimum Gasteiger partial charge on any atom is -0.467 e. The van der Waals surface area contributed by atoms with Crippen LogP contribution in [0.2, 0.25) is 0 Å². The number of ether oxygens (including phenoxy) is 1. The number of anilines is 1. The fourth-order valence-electron chi connectivity index (χ4n) is 1.65. The number of rotatable bonds is 4. The maximum absolute atomic E-state index is 12.8. The lowest BCUT2D eigenvalue weighted by Gasteiger charge is -2.14. The number of esters is 1. The van der Waals surface area contributed by atoms with E-state index in [0.717, 1.165) is 7.11 Å². The van der Waals surface area contributed by atoms with Gasteiger partial charge in [0.05, 0.1) is 23.2 Å². The van der Waals surface area contributed by atoms with E-state index in [4.69, 9.17) is 5.73 Å². The standard InChI is InChI=1S/C12H12F3N3O5/c1-5(11(20)23-2)17-10(19)7-3-6(12(13,14)15)4-8(9(7)16)18(21)22/h3-5H,16H2,1-2H3,(H,17,19)/t5-/m0/s1. The first kappa shape index (κ1) is 18.2. The smallest absolute Gasteiger partial charge is 0.416 e. The van der Waals surface area contributed by atoms with Crippen molar-refractivity contribution in [1.29, 1.82) is 0 Å². The van der Waals surface area contributed by atoms with Gasteiger partial charge in [0, 0.05) is 6.07 Å².